The number of esters is 2. The van der Waals surface area contributed by atoms with Crippen LogP contribution < -0.4 is 0 Å². The molecule has 3 aliphatic rings. The molecule has 4 atom stereocenters. The summed E-state index contributed by atoms with van der Waals surface area (Å²) in [5.41, 5.74) is 0.549. The molecule has 6 nitrogen and oxygen atoms in total. The van der Waals surface area contributed by atoms with Crippen molar-refractivity contribution >= 4 is 11.9 Å². The molecule has 1 aliphatic carbocycles. The van der Waals surface area contributed by atoms with Crippen LogP contribution in [0.15, 0.2) is 30.3 Å². The molecule has 0 aromatic heterocycles. The van der Waals surface area contributed by atoms with Crippen LogP contribution in [-0.4, -0.2) is 43.1 Å². The minimum Gasteiger partial charge on any atom is -0.462 e. The summed E-state index contributed by atoms with van der Waals surface area (Å²) in [6, 6.07) is 9.09. The summed E-state index contributed by atoms with van der Waals surface area (Å²) in [5.74, 6) is -0.845. The summed E-state index contributed by atoms with van der Waals surface area (Å²) in [6.07, 6.45) is 9.94. The Hall–Kier alpha value is -1.92. The molecule has 0 bridgehead atoms. The monoisotopic (exact) mass is 458 g/mol. The topological polar surface area (TPSA) is 71.1 Å². The maximum absolute atomic E-state index is 12.7. The third-order valence-corrected chi connectivity index (χ3v) is 7.46. The van der Waals surface area contributed by atoms with Crippen molar-refractivity contribution in [2.75, 3.05) is 13.2 Å². The molecule has 0 spiro atoms. The summed E-state index contributed by atoms with van der Waals surface area (Å²) in [7, 11) is 0. The molecule has 0 amide bonds. The molecule has 3 fully saturated rings. The van der Waals surface area contributed by atoms with E-state index < -0.39 is 5.79 Å². The zero-order chi connectivity index (χ0) is 23.1. The molecule has 2 saturated heterocycles. The van der Waals surface area contributed by atoms with Crippen LogP contribution in [0.1, 0.15) is 87.9 Å². The highest BCUT2D eigenvalue weighted by Gasteiger charge is 2.52. The van der Waals surface area contributed by atoms with E-state index in [0.717, 1.165) is 45.3 Å². The van der Waals surface area contributed by atoms with Crippen LogP contribution >= 0.6 is 0 Å². The molecule has 2 aliphatic heterocycles. The van der Waals surface area contributed by atoms with E-state index in [1.54, 1.807) is 12.1 Å². The Kier molecular flexibility index (Phi) is 8.42. The standard InChI is InChI=1S/C27H38O6/c1-2-3-4-5-9-14-27(30-16-10-17-31-27)15-13-21-22-18-25(28)32-24(22)19-23(21)33-26(29)20-11-7-6-8-12-20/h6-8,11-12,21-24H,2-5,9-10,13-19H2,1H3/t21-,22-,23-,24?/m1/s1. The Balaban J connectivity index is 1.40. The van der Waals surface area contributed by atoms with Crippen molar-refractivity contribution in [3.63, 3.8) is 0 Å². The molecular formula is C27H38O6. The minimum atomic E-state index is -0.556. The molecule has 6 heteroatoms. The fourth-order valence-corrected chi connectivity index (χ4v) is 5.69. The van der Waals surface area contributed by atoms with Crippen molar-refractivity contribution in [1.29, 1.82) is 0 Å². The summed E-state index contributed by atoms with van der Waals surface area (Å²) < 4.78 is 24.0. The molecular weight excluding hydrogens is 420 g/mol. The number of carbonyl (C=O) groups is 2. The van der Waals surface area contributed by atoms with Crippen LogP contribution in [0.5, 0.6) is 0 Å². The summed E-state index contributed by atoms with van der Waals surface area (Å²) in [4.78, 5) is 24.7. The van der Waals surface area contributed by atoms with Crippen LogP contribution in [0, 0.1) is 11.8 Å². The van der Waals surface area contributed by atoms with Gasteiger partial charge >= 0.3 is 11.9 Å². The first-order chi connectivity index (χ1) is 16.1. The lowest BCUT2D eigenvalue weighted by Crippen LogP contribution is -2.41. The largest absolute Gasteiger partial charge is 0.462 e. The highest BCUT2D eigenvalue weighted by molar-refractivity contribution is 5.89. The molecule has 2 heterocycles. The first-order valence-corrected chi connectivity index (χ1v) is 12.8. The van der Waals surface area contributed by atoms with Gasteiger partial charge in [-0.1, -0.05) is 50.8 Å². The Morgan fingerprint density at radius 3 is 2.58 bits per heavy atom. The number of rotatable bonds is 11. The third-order valence-electron chi connectivity index (χ3n) is 7.46. The molecule has 1 aromatic carbocycles. The normalized spacial score (nSPS) is 28.3. The van der Waals surface area contributed by atoms with E-state index in [1.807, 2.05) is 18.2 Å². The molecule has 0 N–H and O–H groups in total. The van der Waals surface area contributed by atoms with Crippen LogP contribution in [0.25, 0.3) is 0 Å². The second-order valence-electron chi connectivity index (χ2n) is 9.77. The predicted molar refractivity (Wildman–Crippen MR) is 124 cm³/mol. The van der Waals surface area contributed by atoms with Crippen molar-refractivity contribution < 1.29 is 28.5 Å². The Labute approximate surface area is 197 Å². The van der Waals surface area contributed by atoms with E-state index in [0.29, 0.717) is 18.4 Å². The average Bonchev–Trinajstić information content (AvgIpc) is 3.34. The highest BCUT2D eigenvalue weighted by atomic mass is 16.7. The quantitative estimate of drug-likeness (QED) is 0.325. The predicted octanol–water partition coefficient (Wildman–Crippen LogP) is 5.44. The van der Waals surface area contributed by atoms with Gasteiger partial charge in [0.2, 0.25) is 0 Å². The van der Waals surface area contributed by atoms with Gasteiger partial charge in [-0.15, -0.1) is 0 Å². The zero-order valence-corrected chi connectivity index (χ0v) is 19.8. The van der Waals surface area contributed by atoms with Gasteiger partial charge in [-0.3, -0.25) is 4.79 Å². The average molecular weight is 459 g/mol. The number of hydrogen-bond donors (Lipinski definition) is 0. The SMILES string of the molecule is CCCCCCCC1(CC[C@H]2[C@H](OC(=O)c3ccccc3)CC3OC(=O)C[C@@H]32)OCCCO1. The van der Waals surface area contributed by atoms with Crippen molar-refractivity contribution in [2.24, 2.45) is 11.8 Å². The smallest absolute Gasteiger partial charge is 0.338 e. The second kappa shape index (κ2) is 11.5. The van der Waals surface area contributed by atoms with Gasteiger partial charge in [0, 0.05) is 31.1 Å². The van der Waals surface area contributed by atoms with Gasteiger partial charge in [0.15, 0.2) is 5.79 Å². The van der Waals surface area contributed by atoms with Crippen molar-refractivity contribution in [1.82, 2.24) is 0 Å². The number of ether oxygens (including phenoxy) is 4. The van der Waals surface area contributed by atoms with Crippen LogP contribution in [0.3, 0.4) is 0 Å². The van der Waals surface area contributed by atoms with Gasteiger partial charge in [0.1, 0.15) is 12.2 Å². The van der Waals surface area contributed by atoms with Crippen LogP contribution in [-0.2, 0) is 23.7 Å². The van der Waals surface area contributed by atoms with Crippen molar-refractivity contribution in [3.8, 4) is 0 Å². The lowest BCUT2D eigenvalue weighted by molar-refractivity contribution is -0.275. The van der Waals surface area contributed by atoms with Gasteiger partial charge in [0.05, 0.1) is 25.2 Å². The lowest BCUT2D eigenvalue weighted by Gasteiger charge is -2.39. The van der Waals surface area contributed by atoms with E-state index in [1.165, 1.54) is 25.7 Å². The van der Waals surface area contributed by atoms with E-state index >= 15 is 0 Å². The fourth-order valence-electron chi connectivity index (χ4n) is 5.69. The summed E-state index contributed by atoms with van der Waals surface area (Å²) >= 11 is 0. The van der Waals surface area contributed by atoms with Crippen molar-refractivity contribution in [2.45, 2.75) is 95.5 Å². The van der Waals surface area contributed by atoms with Crippen LogP contribution in [0.4, 0.5) is 0 Å². The van der Waals surface area contributed by atoms with Gasteiger partial charge in [-0.05, 0) is 31.4 Å². The van der Waals surface area contributed by atoms with E-state index in [2.05, 4.69) is 6.92 Å². The summed E-state index contributed by atoms with van der Waals surface area (Å²) in [6.45, 7) is 3.67. The third kappa shape index (κ3) is 6.15. The Morgan fingerprint density at radius 2 is 1.82 bits per heavy atom. The van der Waals surface area contributed by atoms with Gasteiger partial charge in [-0.25, -0.2) is 4.79 Å². The minimum absolute atomic E-state index is 0.0696. The molecule has 1 aromatic rings. The lowest BCUT2D eigenvalue weighted by atomic mass is 9.85. The van der Waals surface area contributed by atoms with Gasteiger partial charge in [-0.2, -0.15) is 0 Å². The molecule has 4 rings (SSSR count). The van der Waals surface area contributed by atoms with Gasteiger partial charge in [0.25, 0.3) is 0 Å². The number of unbranched alkanes of at least 4 members (excludes halogenated alkanes) is 4. The highest BCUT2D eigenvalue weighted by Crippen LogP contribution is 2.46. The van der Waals surface area contributed by atoms with Crippen molar-refractivity contribution in [3.05, 3.63) is 35.9 Å². The Morgan fingerprint density at radius 1 is 1.06 bits per heavy atom. The van der Waals surface area contributed by atoms with Gasteiger partial charge < -0.3 is 18.9 Å². The number of carbonyl (C=O) groups excluding carboxylic acids is 2. The number of benzene rings is 1. The Bertz CT molecular complexity index is 772. The molecule has 1 unspecified atom stereocenters. The molecule has 182 valence electrons. The van der Waals surface area contributed by atoms with E-state index in [9.17, 15) is 9.59 Å². The number of fused-ring (bicyclic) bond motifs is 1. The van der Waals surface area contributed by atoms with Crippen LogP contribution in [0.2, 0.25) is 0 Å². The zero-order valence-electron chi connectivity index (χ0n) is 19.8. The van der Waals surface area contributed by atoms with E-state index in [4.69, 9.17) is 18.9 Å². The summed E-state index contributed by atoms with van der Waals surface area (Å²) in [5, 5.41) is 0. The molecule has 0 radical (unpaired) electrons. The fraction of sp³-hybridized carbons (Fsp3) is 0.704. The first kappa shape index (κ1) is 24.2. The maximum atomic E-state index is 12.7. The second-order valence-corrected chi connectivity index (χ2v) is 9.77. The first-order valence-electron chi connectivity index (χ1n) is 12.8. The maximum Gasteiger partial charge on any atom is 0.338 e. The molecule has 33 heavy (non-hydrogen) atoms. The molecule has 1 saturated carbocycles. The number of hydrogen-bond acceptors (Lipinski definition) is 6. The van der Waals surface area contributed by atoms with E-state index in [-0.39, 0.29) is 36.0 Å².